The monoisotopic (exact) mass is 322 g/mol. The van der Waals surface area contributed by atoms with Gasteiger partial charge in [0.1, 0.15) is 0 Å². The number of hydrogen-bond donors (Lipinski definition) is 2. The number of hydrogen-bond acceptors (Lipinski definition) is 4. The largest absolute Gasteiger partial charge is 0.477 e. The summed E-state index contributed by atoms with van der Waals surface area (Å²) in [5, 5.41) is 12.9. The second-order valence-electron chi connectivity index (χ2n) is 4.72. The molecule has 0 aliphatic heterocycles. The average molecular weight is 322 g/mol. The van der Waals surface area contributed by atoms with Gasteiger partial charge in [-0.15, -0.1) is 5.10 Å². The van der Waals surface area contributed by atoms with Crippen molar-refractivity contribution in [1.82, 2.24) is 14.6 Å². The van der Waals surface area contributed by atoms with Gasteiger partial charge in [-0.25, -0.2) is 9.31 Å². The predicted octanol–water partition coefficient (Wildman–Crippen LogP) is 2.70. The molecule has 0 aliphatic rings. The van der Waals surface area contributed by atoms with Crippen molar-refractivity contribution in [2.75, 3.05) is 5.73 Å². The number of aromatic carboxylic acids is 1. The zero-order chi connectivity index (χ0) is 16.8. The Hall–Kier alpha value is -3.10. The van der Waals surface area contributed by atoms with E-state index in [1.165, 1.54) is 24.3 Å². The van der Waals surface area contributed by atoms with E-state index in [1.807, 2.05) is 0 Å². The van der Waals surface area contributed by atoms with Crippen LogP contribution in [0.5, 0.6) is 0 Å². The van der Waals surface area contributed by atoms with Crippen molar-refractivity contribution < 1.29 is 23.1 Å². The second kappa shape index (κ2) is 4.97. The number of halogens is 3. The molecule has 0 amide bonds. The van der Waals surface area contributed by atoms with Crippen molar-refractivity contribution in [2.24, 2.45) is 0 Å². The molecular formula is C14H9F3N4O2. The van der Waals surface area contributed by atoms with Crippen LogP contribution in [0, 0.1) is 0 Å². The lowest BCUT2D eigenvalue weighted by Gasteiger charge is -2.09. The zero-order valence-electron chi connectivity index (χ0n) is 11.4. The van der Waals surface area contributed by atoms with Crippen LogP contribution < -0.4 is 5.73 Å². The molecule has 0 unspecified atom stereocenters. The first-order valence-corrected chi connectivity index (χ1v) is 6.33. The van der Waals surface area contributed by atoms with E-state index in [0.717, 1.165) is 16.6 Å². The zero-order valence-corrected chi connectivity index (χ0v) is 11.4. The summed E-state index contributed by atoms with van der Waals surface area (Å²) in [4.78, 5) is 15.1. The number of anilines is 1. The van der Waals surface area contributed by atoms with Crippen molar-refractivity contribution in [3.63, 3.8) is 0 Å². The molecule has 0 saturated heterocycles. The maximum Gasteiger partial charge on any atom is 0.416 e. The van der Waals surface area contributed by atoms with Gasteiger partial charge in [-0.05, 0) is 29.8 Å². The van der Waals surface area contributed by atoms with Crippen LogP contribution in [0.2, 0.25) is 0 Å². The molecule has 0 aliphatic carbocycles. The van der Waals surface area contributed by atoms with Gasteiger partial charge in [0.15, 0.2) is 11.3 Å². The molecule has 0 fully saturated rings. The fourth-order valence-corrected chi connectivity index (χ4v) is 2.20. The molecule has 3 N–H and O–H groups in total. The Morgan fingerprint density at radius 3 is 2.35 bits per heavy atom. The molecule has 3 aromatic rings. The van der Waals surface area contributed by atoms with E-state index >= 15 is 0 Å². The molecule has 3 rings (SSSR count). The first kappa shape index (κ1) is 14.8. The quantitative estimate of drug-likeness (QED) is 0.756. The van der Waals surface area contributed by atoms with Crippen molar-refractivity contribution in [3.05, 3.63) is 47.7 Å². The third-order valence-corrected chi connectivity index (χ3v) is 3.24. The van der Waals surface area contributed by atoms with Crippen LogP contribution in [-0.2, 0) is 6.18 Å². The lowest BCUT2D eigenvalue weighted by atomic mass is 10.0. The number of carboxylic acid groups (broad SMARTS) is 1. The number of nitrogens with two attached hydrogens (primary N) is 1. The number of benzene rings is 1. The van der Waals surface area contributed by atoms with Gasteiger partial charge in [-0.2, -0.15) is 18.2 Å². The standard InChI is InChI=1S/C14H9F3N4O2/c15-14(16,17)8-3-1-7(2-4-8)9-5-6-10(12(22)23)21-11(9)19-13(18)20-21/h1-6H,(H2,18,20)(H,22,23). The van der Waals surface area contributed by atoms with Crippen LogP contribution >= 0.6 is 0 Å². The number of carboxylic acids is 1. The van der Waals surface area contributed by atoms with Crippen LogP contribution in [0.25, 0.3) is 16.8 Å². The van der Waals surface area contributed by atoms with E-state index in [0.29, 0.717) is 11.1 Å². The molecule has 0 atom stereocenters. The third-order valence-electron chi connectivity index (χ3n) is 3.24. The molecule has 9 heteroatoms. The number of alkyl halides is 3. The topological polar surface area (TPSA) is 93.5 Å². The average Bonchev–Trinajstić information content (AvgIpc) is 2.86. The fourth-order valence-electron chi connectivity index (χ4n) is 2.20. The van der Waals surface area contributed by atoms with Crippen molar-refractivity contribution in [3.8, 4) is 11.1 Å². The second-order valence-corrected chi connectivity index (χ2v) is 4.72. The Morgan fingerprint density at radius 1 is 1.13 bits per heavy atom. The minimum atomic E-state index is -4.43. The molecular weight excluding hydrogens is 313 g/mol. The summed E-state index contributed by atoms with van der Waals surface area (Å²) in [6.45, 7) is 0. The highest BCUT2D eigenvalue weighted by molar-refractivity contribution is 5.89. The minimum Gasteiger partial charge on any atom is -0.477 e. The molecule has 0 saturated carbocycles. The Labute approximate surface area is 127 Å². The van der Waals surface area contributed by atoms with Crippen molar-refractivity contribution in [2.45, 2.75) is 6.18 Å². The predicted molar refractivity (Wildman–Crippen MR) is 74.8 cm³/mol. The number of fused-ring (bicyclic) bond motifs is 1. The minimum absolute atomic E-state index is 0.133. The number of aromatic nitrogens is 3. The smallest absolute Gasteiger partial charge is 0.416 e. The summed E-state index contributed by atoms with van der Waals surface area (Å²) >= 11 is 0. The lowest BCUT2D eigenvalue weighted by Crippen LogP contribution is -2.07. The highest BCUT2D eigenvalue weighted by Gasteiger charge is 2.30. The highest BCUT2D eigenvalue weighted by atomic mass is 19.4. The van der Waals surface area contributed by atoms with Crippen LogP contribution in [0.4, 0.5) is 19.1 Å². The van der Waals surface area contributed by atoms with E-state index in [4.69, 9.17) is 10.8 Å². The summed E-state index contributed by atoms with van der Waals surface area (Å²) in [7, 11) is 0. The number of pyridine rings is 1. The van der Waals surface area contributed by atoms with Gasteiger partial charge in [0.05, 0.1) is 5.56 Å². The number of rotatable bonds is 2. The van der Waals surface area contributed by atoms with E-state index in [-0.39, 0.29) is 17.3 Å². The van der Waals surface area contributed by atoms with E-state index in [1.54, 1.807) is 0 Å². The summed E-state index contributed by atoms with van der Waals surface area (Å²) in [5.74, 6) is -1.36. The Kier molecular flexibility index (Phi) is 3.20. The maximum atomic E-state index is 12.6. The summed E-state index contributed by atoms with van der Waals surface area (Å²) in [6, 6.07) is 7.19. The molecule has 2 heterocycles. The first-order chi connectivity index (χ1) is 10.8. The van der Waals surface area contributed by atoms with Crippen molar-refractivity contribution >= 4 is 17.6 Å². The molecule has 0 radical (unpaired) electrons. The van der Waals surface area contributed by atoms with Crippen LogP contribution in [0.1, 0.15) is 16.1 Å². The van der Waals surface area contributed by atoms with Gasteiger partial charge < -0.3 is 10.8 Å². The normalized spacial score (nSPS) is 11.8. The number of nitrogens with zero attached hydrogens (tertiary/aromatic N) is 3. The molecule has 1 aromatic carbocycles. The van der Waals surface area contributed by atoms with Gasteiger partial charge in [-0.3, -0.25) is 0 Å². The summed E-state index contributed by atoms with van der Waals surface area (Å²) < 4.78 is 38.9. The van der Waals surface area contributed by atoms with Gasteiger partial charge in [0, 0.05) is 5.56 Å². The van der Waals surface area contributed by atoms with Gasteiger partial charge >= 0.3 is 12.1 Å². The van der Waals surface area contributed by atoms with Crippen molar-refractivity contribution in [1.29, 1.82) is 0 Å². The fraction of sp³-hybridized carbons (Fsp3) is 0.0714. The Morgan fingerprint density at radius 2 is 1.78 bits per heavy atom. The van der Waals surface area contributed by atoms with E-state index in [9.17, 15) is 18.0 Å². The van der Waals surface area contributed by atoms with E-state index in [2.05, 4.69) is 10.1 Å². The van der Waals surface area contributed by atoms with Crippen LogP contribution in [0.15, 0.2) is 36.4 Å². The molecule has 118 valence electrons. The lowest BCUT2D eigenvalue weighted by molar-refractivity contribution is -0.137. The number of carbonyl (C=O) groups is 1. The number of nitrogen functional groups attached to an aromatic ring is 1. The summed E-state index contributed by atoms with van der Waals surface area (Å²) in [5.41, 5.74) is 5.59. The van der Waals surface area contributed by atoms with E-state index < -0.39 is 17.7 Å². The molecule has 0 bridgehead atoms. The molecule has 6 nitrogen and oxygen atoms in total. The highest BCUT2D eigenvalue weighted by Crippen LogP contribution is 2.32. The van der Waals surface area contributed by atoms with Crippen LogP contribution in [-0.4, -0.2) is 25.7 Å². The molecule has 2 aromatic heterocycles. The van der Waals surface area contributed by atoms with Gasteiger partial charge in [0.25, 0.3) is 0 Å². The summed E-state index contributed by atoms with van der Waals surface area (Å²) in [6.07, 6.45) is -4.43. The Bertz CT molecular complexity index is 901. The molecule has 23 heavy (non-hydrogen) atoms. The van der Waals surface area contributed by atoms with Gasteiger partial charge in [-0.1, -0.05) is 12.1 Å². The maximum absolute atomic E-state index is 12.6. The van der Waals surface area contributed by atoms with Gasteiger partial charge in [0.2, 0.25) is 5.95 Å². The van der Waals surface area contributed by atoms with Crippen LogP contribution in [0.3, 0.4) is 0 Å². The molecule has 0 spiro atoms. The SMILES string of the molecule is Nc1nc2c(-c3ccc(C(F)(F)F)cc3)ccc(C(=O)O)n2n1. The Balaban J connectivity index is 2.17. The first-order valence-electron chi connectivity index (χ1n) is 6.33. The third kappa shape index (κ3) is 2.56.